The average Bonchev–Trinajstić information content (AvgIpc) is 2.14. The summed E-state index contributed by atoms with van der Waals surface area (Å²) in [7, 11) is 0. The third kappa shape index (κ3) is 4.59. The lowest BCUT2D eigenvalue weighted by Crippen LogP contribution is -2.18. The van der Waals surface area contributed by atoms with Crippen molar-refractivity contribution in [2.45, 2.75) is 20.8 Å². The van der Waals surface area contributed by atoms with E-state index in [1.165, 1.54) is 0 Å². The van der Waals surface area contributed by atoms with E-state index in [1.807, 2.05) is 0 Å². The van der Waals surface area contributed by atoms with Gasteiger partial charge in [0.15, 0.2) is 5.78 Å². The van der Waals surface area contributed by atoms with Gasteiger partial charge in [-0.25, -0.2) is 4.79 Å². The van der Waals surface area contributed by atoms with E-state index >= 15 is 0 Å². The Hall–Kier alpha value is -1.85. The zero-order valence-corrected chi connectivity index (χ0v) is 9.40. The second kappa shape index (κ2) is 6.60. The van der Waals surface area contributed by atoms with Crippen LogP contribution in [0, 0.1) is 0 Å². The highest BCUT2D eigenvalue weighted by Gasteiger charge is 2.21. The normalized spacial score (nSPS) is 11.4. The molecule has 0 heterocycles. The highest BCUT2D eigenvalue weighted by atomic mass is 16.5. The van der Waals surface area contributed by atoms with Gasteiger partial charge in [-0.15, -0.1) is 0 Å². The summed E-state index contributed by atoms with van der Waals surface area (Å²) in [4.78, 5) is 32.8. The molecule has 0 fully saturated rings. The summed E-state index contributed by atoms with van der Waals surface area (Å²) < 4.78 is 9.03. The molecular weight excluding hydrogens is 216 g/mol. The summed E-state index contributed by atoms with van der Waals surface area (Å²) in [6.45, 7) is 3.37. The summed E-state index contributed by atoms with van der Waals surface area (Å²) >= 11 is 0. The Bertz CT molecular complexity index is 328. The molecule has 6 nitrogen and oxygen atoms in total. The molecule has 0 atom stereocenters. The summed E-state index contributed by atoms with van der Waals surface area (Å²) in [5, 5.41) is 9.41. The van der Waals surface area contributed by atoms with Crippen molar-refractivity contribution in [1.29, 1.82) is 0 Å². The van der Waals surface area contributed by atoms with Gasteiger partial charge in [0, 0.05) is 6.92 Å². The van der Waals surface area contributed by atoms with Gasteiger partial charge in [-0.05, 0) is 13.8 Å². The Kier molecular flexibility index (Phi) is 5.84. The highest BCUT2D eigenvalue weighted by molar-refractivity contribution is 6.16. The number of carbonyl (C=O) groups excluding carboxylic acids is 3. The molecule has 16 heavy (non-hydrogen) atoms. The van der Waals surface area contributed by atoms with Crippen LogP contribution in [0.3, 0.4) is 0 Å². The number of carbonyl (C=O) groups is 3. The van der Waals surface area contributed by atoms with Crippen LogP contribution < -0.4 is 0 Å². The Labute approximate surface area is 92.8 Å². The zero-order valence-electron chi connectivity index (χ0n) is 9.40. The molecule has 0 unspecified atom stereocenters. The van der Waals surface area contributed by atoms with Gasteiger partial charge in [-0.2, -0.15) is 0 Å². The van der Waals surface area contributed by atoms with Gasteiger partial charge in [-0.1, -0.05) is 0 Å². The summed E-state index contributed by atoms with van der Waals surface area (Å²) in [5.74, 6) is -2.82. The minimum Gasteiger partial charge on any atom is -0.508 e. The maximum atomic E-state index is 11.3. The fourth-order valence-corrected chi connectivity index (χ4v) is 0.910. The fourth-order valence-electron chi connectivity index (χ4n) is 0.910. The molecule has 0 saturated heterocycles. The van der Waals surface area contributed by atoms with Crippen LogP contribution in [0.25, 0.3) is 0 Å². The number of hydrogen-bond donors (Lipinski definition) is 1. The molecule has 0 aromatic rings. The average molecular weight is 230 g/mol. The van der Waals surface area contributed by atoms with Crippen molar-refractivity contribution in [3.05, 3.63) is 11.3 Å². The van der Waals surface area contributed by atoms with Crippen molar-refractivity contribution >= 4 is 17.7 Å². The molecular formula is C10H14O6. The van der Waals surface area contributed by atoms with Crippen LogP contribution in [-0.2, 0) is 23.9 Å². The number of Topliss-reactive ketones (excluding diaryl/α,β-unsaturated/α-hetero) is 1. The van der Waals surface area contributed by atoms with E-state index in [0.717, 1.165) is 13.8 Å². The SMILES string of the molecule is CCOC(=O)/C(C(C)=O)=C(/O)COC(C)=O. The van der Waals surface area contributed by atoms with E-state index in [-0.39, 0.29) is 6.61 Å². The predicted octanol–water partition coefficient (Wildman–Crippen LogP) is 0.514. The van der Waals surface area contributed by atoms with E-state index in [0.29, 0.717) is 0 Å². The van der Waals surface area contributed by atoms with Crippen LogP contribution in [-0.4, -0.2) is 36.0 Å². The van der Waals surface area contributed by atoms with E-state index in [4.69, 9.17) is 0 Å². The van der Waals surface area contributed by atoms with E-state index in [2.05, 4.69) is 9.47 Å². The largest absolute Gasteiger partial charge is 0.508 e. The van der Waals surface area contributed by atoms with Crippen molar-refractivity contribution in [1.82, 2.24) is 0 Å². The molecule has 0 saturated carbocycles. The maximum absolute atomic E-state index is 11.3. The van der Waals surface area contributed by atoms with Crippen molar-refractivity contribution < 1.29 is 29.0 Å². The lowest BCUT2D eigenvalue weighted by molar-refractivity contribution is -0.143. The quantitative estimate of drug-likeness (QED) is 0.243. The van der Waals surface area contributed by atoms with Gasteiger partial charge in [0.05, 0.1) is 6.61 Å². The number of aliphatic hydroxyl groups is 1. The molecule has 90 valence electrons. The van der Waals surface area contributed by atoms with Crippen LogP contribution in [0.5, 0.6) is 0 Å². The molecule has 0 aliphatic rings. The Morgan fingerprint density at radius 1 is 1.12 bits per heavy atom. The second-order valence-electron chi connectivity index (χ2n) is 2.88. The van der Waals surface area contributed by atoms with Crippen LogP contribution in [0.15, 0.2) is 11.3 Å². The van der Waals surface area contributed by atoms with Crippen LogP contribution >= 0.6 is 0 Å². The first-order valence-electron chi connectivity index (χ1n) is 4.63. The summed E-state index contributed by atoms with van der Waals surface area (Å²) in [6.07, 6.45) is 0. The minimum absolute atomic E-state index is 0.0798. The number of esters is 2. The van der Waals surface area contributed by atoms with E-state index in [9.17, 15) is 19.5 Å². The number of aliphatic hydroxyl groups excluding tert-OH is 1. The van der Waals surface area contributed by atoms with Crippen molar-refractivity contribution in [2.24, 2.45) is 0 Å². The Morgan fingerprint density at radius 2 is 1.69 bits per heavy atom. The standard InChI is InChI=1S/C10H14O6/c1-4-15-10(14)9(6(2)11)8(13)5-16-7(3)12/h13H,4-5H2,1-3H3/b9-8+. The number of ketones is 1. The molecule has 0 aromatic heterocycles. The van der Waals surface area contributed by atoms with Gasteiger partial charge in [0.2, 0.25) is 0 Å². The lowest BCUT2D eigenvalue weighted by atomic mass is 10.1. The van der Waals surface area contributed by atoms with Crippen molar-refractivity contribution in [3.63, 3.8) is 0 Å². The van der Waals surface area contributed by atoms with Crippen molar-refractivity contribution in [2.75, 3.05) is 13.2 Å². The molecule has 0 aliphatic heterocycles. The Balaban J connectivity index is 4.85. The molecule has 0 rings (SSSR count). The highest BCUT2D eigenvalue weighted by Crippen LogP contribution is 2.07. The number of ether oxygens (including phenoxy) is 2. The third-order valence-corrected chi connectivity index (χ3v) is 1.53. The zero-order chi connectivity index (χ0) is 12.7. The molecule has 0 radical (unpaired) electrons. The molecule has 0 bridgehead atoms. The Morgan fingerprint density at radius 3 is 2.06 bits per heavy atom. The van der Waals surface area contributed by atoms with Gasteiger partial charge >= 0.3 is 11.9 Å². The first-order chi connectivity index (χ1) is 7.40. The van der Waals surface area contributed by atoms with Gasteiger partial charge < -0.3 is 14.6 Å². The van der Waals surface area contributed by atoms with Gasteiger partial charge in [-0.3, -0.25) is 9.59 Å². The molecule has 1 N–H and O–H groups in total. The van der Waals surface area contributed by atoms with Crippen LogP contribution in [0.2, 0.25) is 0 Å². The molecule has 0 spiro atoms. The molecule has 0 aromatic carbocycles. The summed E-state index contributed by atoms with van der Waals surface area (Å²) in [5.41, 5.74) is -0.497. The van der Waals surface area contributed by atoms with E-state index < -0.39 is 35.7 Å². The minimum atomic E-state index is -0.931. The number of rotatable bonds is 5. The first-order valence-corrected chi connectivity index (χ1v) is 4.63. The van der Waals surface area contributed by atoms with Crippen LogP contribution in [0.1, 0.15) is 20.8 Å². The monoisotopic (exact) mass is 230 g/mol. The second-order valence-corrected chi connectivity index (χ2v) is 2.88. The fraction of sp³-hybridized carbons (Fsp3) is 0.500. The summed E-state index contributed by atoms with van der Waals surface area (Å²) in [6, 6.07) is 0. The van der Waals surface area contributed by atoms with E-state index in [1.54, 1.807) is 6.92 Å². The maximum Gasteiger partial charge on any atom is 0.345 e. The smallest absolute Gasteiger partial charge is 0.345 e. The lowest BCUT2D eigenvalue weighted by Gasteiger charge is -2.07. The number of hydrogen-bond acceptors (Lipinski definition) is 6. The molecule has 6 heteroatoms. The topological polar surface area (TPSA) is 89.9 Å². The van der Waals surface area contributed by atoms with Crippen molar-refractivity contribution in [3.8, 4) is 0 Å². The molecule has 0 aliphatic carbocycles. The molecule has 0 amide bonds. The predicted molar refractivity (Wildman–Crippen MR) is 53.6 cm³/mol. The van der Waals surface area contributed by atoms with Gasteiger partial charge in [0.25, 0.3) is 0 Å². The van der Waals surface area contributed by atoms with Gasteiger partial charge in [0.1, 0.15) is 17.9 Å². The van der Waals surface area contributed by atoms with Crippen LogP contribution in [0.4, 0.5) is 0 Å². The first kappa shape index (κ1) is 14.2. The third-order valence-electron chi connectivity index (χ3n) is 1.53.